The van der Waals surface area contributed by atoms with Crippen LogP contribution >= 0.6 is 0 Å². The van der Waals surface area contributed by atoms with Gasteiger partial charge in [0.05, 0.1) is 38.6 Å². The Morgan fingerprint density at radius 3 is 2.93 bits per heavy atom. The molecule has 1 saturated heterocycles. The molecular weight excluding hydrogens is 198 g/mol. The minimum absolute atomic E-state index is 0.0469. The van der Waals surface area contributed by atoms with Gasteiger partial charge in [-0.15, -0.1) is 0 Å². The fraction of sp³-hybridized carbons (Fsp3) is 0.900. The van der Waals surface area contributed by atoms with Gasteiger partial charge < -0.3 is 19.5 Å². The van der Waals surface area contributed by atoms with Gasteiger partial charge >= 0.3 is 5.97 Å². The molecule has 15 heavy (non-hydrogen) atoms. The van der Waals surface area contributed by atoms with Gasteiger partial charge in [0.25, 0.3) is 0 Å². The summed E-state index contributed by atoms with van der Waals surface area (Å²) < 4.78 is 15.6. The van der Waals surface area contributed by atoms with Crippen molar-refractivity contribution < 1.29 is 19.0 Å². The van der Waals surface area contributed by atoms with Crippen molar-refractivity contribution in [1.82, 2.24) is 5.32 Å². The van der Waals surface area contributed by atoms with Crippen LogP contribution in [0.15, 0.2) is 0 Å². The number of rotatable bonds is 5. The molecule has 0 aromatic carbocycles. The molecule has 5 nitrogen and oxygen atoms in total. The van der Waals surface area contributed by atoms with Crippen LogP contribution in [0.2, 0.25) is 0 Å². The quantitative estimate of drug-likeness (QED) is 0.654. The lowest BCUT2D eigenvalue weighted by atomic mass is 10.3. The van der Waals surface area contributed by atoms with Gasteiger partial charge in [0, 0.05) is 6.54 Å². The SMILES string of the molecule is CC(C)OC(=O)CNCC1COCCO1. The number of carbonyl (C=O) groups excluding carboxylic acids is 1. The molecule has 1 fully saturated rings. The number of ether oxygens (including phenoxy) is 3. The maximum absolute atomic E-state index is 11.1. The lowest BCUT2D eigenvalue weighted by Gasteiger charge is -2.23. The molecule has 0 saturated carbocycles. The van der Waals surface area contributed by atoms with Gasteiger partial charge in [-0.3, -0.25) is 4.79 Å². The number of hydrogen-bond acceptors (Lipinski definition) is 5. The Hall–Kier alpha value is -0.650. The molecule has 1 aliphatic heterocycles. The first kappa shape index (κ1) is 12.4. The average molecular weight is 217 g/mol. The largest absolute Gasteiger partial charge is 0.462 e. The Morgan fingerprint density at radius 2 is 2.33 bits per heavy atom. The van der Waals surface area contributed by atoms with Crippen LogP contribution in [-0.2, 0) is 19.0 Å². The second-order valence-corrected chi connectivity index (χ2v) is 3.74. The monoisotopic (exact) mass is 217 g/mol. The van der Waals surface area contributed by atoms with E-state index in [4.69, 9.17) is 14.2 Å². The van der Waals surface area contributed by atoms with Crippen LogP contribution < -0.4 is 5.32 Å². The smallest absolute Gasteiger partial charge is 0.320 e. The topological polar surface area (TPSA) is 56.8 Å². The van der Waals surface area contributed by atoms with E-state index in [0.29, 0.717) is 26.4 Å². The summed E-state index contributed by atoms with van der Waals surface area (Å²) in [6, 6.07) is 0. The lowest BCUT2D eigenvalue weighted by molar-refractivity contribution is -0.146. The minimum atomic E-state index is -0.235. The van der Waals surface area contributed by atoms with Crippen LogP contribution in [0.4, 0.5) is 0 Å². The van der Waals surface area contributed by atoms with Crippen LogP contribution in [-0.4, -0.2) is 51.1 Å². The van der Waals surface area contributed by atoms with Crippen molar-refractivity contribution in [3.8, 4) is 0 Å². The third-order valence-electron chi connectivity index (χ3n) is 1.89. The summed E-state index contributed by atoms with van der Waals surface area (Å²) in [7, 11) is 0. The Morgan fingerprint density at radius 1 is 1.53 bits per heavy atom. The fourth-order valence-electron chi connectivity index (χ4n) is 1.29. The van der Waals surface area contributed by atoms with E-state index in [-0.39, 0.29) is 24.7 Å². The van der Waals surface area contributed by atoms with E-state index in [2.05, 4.69) is 5.32 Å². The molecule has 0 aromatic heterocycles. The zero-order chi connectivity index (χ0) is 11.1. The maximum atomic E-state index is 11.1. The van der Waals surface area contributed by atoms with E-state index >= 15 is 0 Å². The molecule has 1 atom stereocenters. The van der Waals surface area contributed by atoms with E-state index in [1.165, 1.54) is 0 Å². The zero-order valence-corrected chi connectivity index (χ0v) is 9.32. The molecule has 5 heteroatoms. The van der Waals surface area contributed by atoms with Crippen LogP contribution in [0, 0.1) is 0 Å². The fourth-order valence-corrected chi connectivity index (χ4v) is 1.29. The van der Waals surface area contributed by atoms with Gasteiger partial charge in [-0.25, -0.2) is 0 Å². The molecule has 0 aromatic rings. The second kappa shape index (κ2) is 6.76. The van der Waals surface area contributed by atoms with E-state index in [1.807, 2.05) is 13.8 Å². The summed E-state index contributed by atoms with van der Waals surface area (Å²) in [5.41, 5.74) is 0. The van der Waals surface area contributed by atoms with E-state index in [0.717, 1.165) is 0 Å². The van der Waals surface area contributed by atoms with E-state index < -0.39 is 0 Å². The van der Waals surface area contributed by atoms with Crippen LogP contribution in [0.3, 0.4) is 0 Å². The van der Waals surface area contributed by atoms with Gasteiger partial charge in [-0.05, 0) is 13.8 Å². The summed E-state index contributed by atoms with van der Waals surface area (Å²) >= 11 is 0. The average Bonchev–Trinajstić information content (AvgIpc) is 2.18. The molecule has 88 valence electrons. The Bertz CT molecular complexity index is 190. The van der Waals surface area contributed by atoms with Crippen molar-refractivity contribution in [3.63, 3.8) is 0 Å². The first-order valence-electron chi connectivity index (χ1n) is 5.28. The molecule has 1 unspecified atom stereocenters. The number of nitrogens with one attached hydrogen (secondary N) is 1. The highest BCUT2D eigenvalue weighted by Gasteiger charge is 2.14. The molecule has 0 amide bonds. The molecule has 1 rings (SSSR count). The Balaban J connectivity index is 2.02. The Labute approximate surface area is 90.1 Å². The summed E-state index contributed by atoms with van der Waals surface area (Å²) in [6.07, 6.45) is -0.0147. The maximum Gasteiger partial charge on any atom is 0.320 e. The van der Waals surface area contributed by atoms with Crippen molar-refractivity contribution in [2.24, 2.45) is 0 Å². The van der Waals surface area contributed by atoms with E-state index in [9.17, 15) is 4.79 Å². The van der Waals surface area contributed by atoms with Gasteiger partial charge in [0.15, 0.2) is 0 Å². The third kappa shape index (κ3) is 5.71. The summed E-state index contributed by atoms with van der Waals surface area (Å²) in [4.78, 5) is 11.1. The predicted molar refractivity (Wildman–Crippen MR) is 54.7 cm³/mol. The molecule has 0 spiro atoms. The molecule has 1 heterocycles. The zero-order valence-electron chi connectivity index (χ0n) is 9.32. The minimum Gasteiger partial charge on any atom is -0.462 e. The van der Waals surface area contributed by atoms with E-state index in [1.54, 1.807) is 0 Å². The number of hydrogen-bond donors (Lipinski definition) is 1. The van der Waals surface area contributed by atoms with Crippen molar-refractivity contribution in [2.75, 3.05) is 32.9 Å². The van der Waals surface area contributed by atoms with Crippen LogP contribution in [0.1, 0.15) is 13.8 Å². The highest BCUT2D eigenvalue weighted by atomic mass is 16.6. The first-order chi connectivity index (χ1) is 7.18. The molecule has 0 radical (unpaired) electrons. The summed E-state index contributed by atoms with van der Waals surface area (Å²) in [5, 5.41) is 2.98. The van der Waals surface area contributed by atoms with Crippen LogP contribution in [0.5, 0.6) is 0 Å². The molecule has 0 bridgehead atoms. The van der Waals surface area contributed by atoms with Gasteiger partial charge in [-0.2, -0.15) is 0 Å². The molecule has 1 aliphatic rings. The van der Waals surface area contributed by atoms with Crippen molar-refractivity contribution in [1.29, 1.82) is 0 Å². The van der Waals surface area contributed by atoms with Gasteiger partial charge in [0.1, 0.15) is 0 Å². The lowest BCUT2D eigenvalue weighted by Crippen LogP contribution is -2.39. The standard InChI is InChI=1S/C10H19NO4/c1-8(2)15-10(12)6-11-5-9-7-13-3-4-14-9/h8-9,11H,3-7H2,1-2H3. The Kier molecular flexibility index (Phi) is 5.60. The number of esters is 1. The van der Waals surface area contributed by atoms with Crippen molar-refractivity contribution in [2.45, 2.75) is 26.1 Å². The van der Waals surface area contributed by atoms with Gasteiger partial charge in [-0.1, -0.05) is 0 Å². The number of carbonyl (C=O) groups is 1. The van der Waals surface area contributed by atoms with Gasteiger partial charge in [0.2, 0.25) is 0 Å². The summed E-state index contributed by atoms with van der Waals surface area (Å²) in [6.45, 7) is 6.37. The predicted octanol–water partition coefficient (Wildman–Crippen LogP) is -0.0570. The second-order valence-electron chi connectivity index (χ2n) is 3.74. The summed E-state index contributed by atoms with van der Waals surface area (Å²) in [5.74, 6) is -0.235. The molecular formula is C10H19NO4. The van der Waals surface area contributed by atoms with Crippen molar-refractivity contribution >= 4 is 5.97 Å². The highest BCUT2D eigenvalue weighted by molar-refractivity contribution is 5.71. The molecule has 1 N–H and O–H groups in total. The van der Waals surface area contributed by atoms with Crippen molar-refractivity contribution in [3.05, 3.63) is 0 Å². The highest BCUT2D eigenvalue weighted by Crippen LogP contribution is 1.98. The third-order valence-corrected chi connectivity index (χ3v) is 1.89. The normalized spacial score (nSPS) is 21.7. The molecule has 0 aliphatic carbocycles. The van der Waals surface area contributed by atoms with Crippen LogP contribution in [0.25, 0.3) is 0 Å². The first-order valence-corrected chi connectivity index (χ1v) is 5.28.